The molecule has 0 unspecified atom stereocenters. The van der Waals surface area contributed by atoms with E-state index >= 15 is 0 Å². The third kappa shape index (κ3) is 3.25. The average Bonchev–Trinajstić information content (AvgIpc) is 2.94. The molecule has 21 heavy (non-hydrogen) atoms. The van der Waals surface area contributed by atoms with Gasteiger partial charge in [0, 0.05) is 19.2 Å². The lowest BCUT2D eigenvalue weighted by atomic mass is 9.88. The van der Waals surface area contributed by atoms with Crippen molar-refractivity contribution in [3.05, 3.63) is 46.8 Å². The number of aryl methyl sites for hydroxylation is 1. The fourth-order valence-electron chi connectivity index (χ4n) is 2.69. The summed E-state index contributed by atoms with van der Waals surface area (Å²) in [5.41, 5.74) is 9.46. The first kappa shape index (κ1) is 14.1. The summed E-state index contributed by atoms with van der Waals surface area (Å²) in [4.78, 5) is 0. The Morgan fingerprint density at radius 2 is 2.24 bits per heavy atom. The van der Waals surface area contributed by atoms with Gasteiger partial charge in [-0.25, -0.2) is 0 Å². The summed E-state index contributed by atoms with van der Waals surface area (Å²) in [5, 5.41) is 3.95. The average molecular weight is 288 g/mol. The number of rotatable bonds is 5. The van der Waals surface area contributed by atoms with Gasteiger partial charge in [0.25, 0.3) is 0 Å². The van der Waals surface area contributed by atoms with Gasteiger partial charge in [-0.3, -0.25) is 0 Å². The highest BCUT2D eigenvalue weighted by Crippen LogP contribution is 2.31. The third-order valence-corrected chi connectivity index (χ3v) is 3.76. The minimum absolute atomic E-state index is 0.123. The molecule has 3 rings (SSSR count). The number of aromatic nitrogens is 1. The summed E-state index contributed by atoms with van der Waals surface area (Å²) in [7, 11) is 1.62. The molecule has 0 bridgehead atoms. The van der Waals surface area contributed by atoms with Crippen molar-refractivity contribution in [1.82, 2.24) is 5.16 Å². The van der Waals surface area contributed by atoms with Crippen molar-refractivity contribution < 1.29 is 14.0 Å². The normalized spacial score (nSPS) is 17.5. The van der Waals surface area contributed by atoms with Gasteiger partial charge < -0.3 is 19.7 Å². The molecule has 2 aromatic rings. The predicted octanol–water partition coefficient (Wildman–Crippen LogP) is 2.74. The van der Waals surface area contributed by atoms with E-state index in [1.807, 2.05) is 12.1 Å². The molecule has 0 fully saturated rings. The maximum absolute atomic E-state index is 6.16. The first-order valence-electron chi connectivity index (χ1n) is 7.21. The topological polar surface area (TPSA) is 70.5 Å². The second kappa shape index (κ2) is 6.28. The van der Waals surface area contributed by atoms with Crippen molar-refractivity contribution in [3.8, 4) is 5.75 Å². The van der Waals surface area contributed by atoms with E-state index < -0.39 is 0 Å². The maximum Gasteiger partial charge on any atom is 0.162 e. The molecule has 0 radical (unpaired) electrons. The van der Waals surface area contributed by atoms with Crippen LogP contribution >= 0.6 is 0 Å². The number of benzene rings is 1. The molecule has 0 saturated carbocycles. The lowest BCUT2D eigenvalue weighted by Crippen LogP contribution is -2.17. The standard InChI is InChI=1S/C16H20N2O3/c1-19-10-14-7-12(18-21-14)9-20-13-6-5-11-3-2-4-16(17)15(11)8-13/h5-8,16H,2-4,9-10,17H2,1H3/t16-/m1/s1. The summed E-state index contributed by atoms with van der Waals surface area (Å²) in [6, 6.07) is 8.12. The van der Waals surface area contributed by atoms with Crippen LogP contribution in [0.2, 0.25) is 0 Å². The molecule has 5 heteroatoms. The van der Waals surface area contributed by atoms with E-state index in [4.69, 9.17) is 19.7 Å². The first-order chi connectivity index (χ1) is 10.3. The first-order valence-corrected chi connectivity index (χ1v) is 7.21. The van der Waals surface area contributed by atoms with Crippen molar-refractivity contribution in [2.24, 2.45) is 5.73 Å². The van der Waals surface area contributed by atoms with Crippen LogP contribution in [-0.2, 0) is 24.4 Å². The van der Waals surface area contributed by atoms with Crippen LogP contribution in [0.5, 0.6) is 5.75 Å². The van der Waals surface area contributed by atoms with Gasteiger partial charge in [0.05, 0.1) is 0 Å². The molecule has 1 aliphatic carbocycles. The molecule has 1 aromatic heterocycles. The van der Waals surface area contributed by atoms with Crippen LogP contribution < -0.4 is 10.5 Å². The smallest absolute Gasteiger partial charge is 0.162 e. The highest BCUT2D eigenvalue weighted by molar-refractivity contribution is 5.39. The van der Waals surface area contributed by atoms with E-state index in [0.717, 1.165) is 30.7 Å². The summed E-state index contributed by atoms with van der Waals surface area (Å²) in [5.74, 6) is 1.52. The van der Waals surface area contributed by atoms with Crippen molar-refractivity contribution in [2.75, 3.05) is 7.11 Å². The van der Waals surface area contributed by atoms with E-state index in [2.05, 4.69) is 17.3 Å². The Hall–Kier alpha value is -1.85. The van der Waals surface area contributed by atoms with Crippen molar-refractivity contribution in [2.45, 2.75) is 38.5 Å². The number of fused-ring (bicyclic) bond motifs is 1. The Bertz CT molecular complexity index is 609. The van der Waals surface area contributed by atoms with Crippen LogP contribution in [0.15, 0.2) is 28.8 Å². The van der Waals surface area contributed by atoms with E-state index in [9.17, 15) is 0 Å². The van der Waals surface area contributed by atoms with Gasteiger partial charge in [0.15, 0.2) is 5.76 Å². The summed E-state index contributed by atoms with van der Waals surface area (Å²) >= 11 is 0. The molecular formula is C16H20N2O3. The Kier molecular flexibility index (Phi) is 4.22. The molecule has 5 nitrogen and oxygen atoms in total. The minimum atomic E-state index is 0.123. The zero-order chi connectivity index (χ0) is 14.7. The van der Waals surface area contributed by atoms with Crippen LogP contribution in [0.4, 0.5) is 0 Å². The zero-order valence-corrected chi connectivity index (χ0v) is 12.2. The molecule has 1 heterocycles. The van der Waals surface area contributed by atoms with Gasteiger partial charge >= 0.3 is 0 Å². The summed E-state index contributed by atoms with van der Waals surface area (Å²) in [6.07, 6.45) is 3.31. The maximum atomic E-state index is 6.16. The van der Waals surface area contributed by atoms with E-state index in [0.29, 0.717) is 19.0 Å². The summed E-state index contributed by atoms with van der Waals surface area (Å²) < 4.78 is 15.9. The van der Waals surface area contributed by atoms with Gasteiger partial charge in [-0.15, -0.1) is 0 Å². The van der Waals surface area contributed by atoms with Gasteiger partial charge in [-0.2, -0.15) is 0 Å². The van der Waals surface area contributed by atoms with E-state index in [1.165, 1.54) is 11.1 Å². The fraction of sp³-hybridized carbons (Fsp3) is 0.438. The highest BCUT2D eigenvalue weighted by Gasteiger charge is 2.17. The minimum Gasteiger partial charge on any atom is -0.487 e. The monoisotopic (exact) mass is 288 g/mol. The molecule has 1 aromatic carbocycles. The number of hydrogen-bond donors (Lipinski definition) is 1. The highest BCUT2D eigenvalue weighted by atomic mass is 16.5. The Morgan fingerprint density at radius 1 is 1.33 bits per heavy atom. The van der Waals surface area contributed by atoms with Crippen LogP contribution in [0.25, 0.3) is 0 Å². The van der Waals surface area contributed by atoms with Gasteiger partial charge in [0.2, 0.25) is 0 Å². The lowest BCUT2D eigenvalue weighted by molar-refractivity contribution is 0.155. The van der Waals surface area contributed by atoms with Crippen LogP contribution in [0.3, 0.4) is 0 Å². The molecule has 1 aliphatic rings. The van der Waals surface area contributed by atoms with Crippen LogP contribution in [-0.4, -0.2) is 12.3 Å². The van der Waals surface area contributed by atoms with Crippen molar-refractivity contribution in [3.63, 3.8) is 0 Å². The zero-order valence-electron chi connectivity index (χ0n) is 12.2. The van der Waals surface area contributed by atoms with E-state index in [-0.39, 0.29) is 6.04 Å². The van der Waals surface area contributed by atoms with Crippen LogP contribution in [0.1, 0.15) is 41.5 Å². The molecule has 0 saturated heterocycles. The predicted molar refractivity (Wildman–Crippen MR) is 77.9 cm³/mol. The number of methoxy groups -OCH3 is 1. The van der Waals surface area contributed by atoms with Gasteiger partial charge in [-0.1, -0.05) is 11.2 Å². The van der Waals surface area contributed by atoms with Gasteiger partial charge in [-0.05, 0) is 42.5 Å². The Morgan fingerprint density at radius 3 is 3.10 bits per heavy atom. The SMILES string of the molecule is COCc1cc(COc2ccc3c(c2)[C@H](N)CCC3)no1. The van der Waals surface area contributed by atoms with Crippen molar-refractivity contribution in [1.29, 1.82) is 0 Å². The van der Waals surface area contributed by atoms with Crippen LogP contribution in [0, 0.1) is 0 Å². The fourth-order valence-corrected chi connectivity index (χ4v) is 2.69. The molecular weight excluding hydrogens is 268 g/mol. The largest absolute Gasteiger partial charge is 0.487 e. The lowest BCUT2D eigenvalue weighted by Gasteiger charge is -2.22. The second-order valence-electron chi connectivity index (χ2n) is 5.37. The van der Waals surface area contributed by atoms with Gasteiger partial charge in [0.1, 0.15) is 24.7 Å². The van der Waals surface area contributed by atoms with E-state index in [1.54, 1.807) is 7.11 Å². The number of hydrogen-bond acceptors (Lipinski definition) is 5. The molecule has 2 N–H and O–H groups in total. The molecule has 0 amide bonds. The Labute approximate surface area is 124 Å². The Balaban J connectivity index is 1.66. The number of nitrogens with zero attached hydrogens (tertiary/aromatic N) is 1. The van der Waals surface area contributed by atoms with Crippen molar-refractivity contribution >= 4 is 0 Å². The molecule has 0 aliphatic heterocycles. The number of ether oxygens (including phenoxy) is 2. The quantitative estimate of drug-likeness (QED) is 0.916. The second-order valence-corrected chi connectivity index (χ2v) is 5.37. The molecule has 1 atom stereocenters. The molecule has 0 spiro atoms. The summed E-state index contributed by atoms with van der Waals surface area (Å²) in [6.45, 7) is 0.794. The number of nitrogens with two attached hydrogens (primary N) is 1. The molecule has 112 valence electrons. The third-order valence-electron chi connectivity index (χ3n) is 3.76.